The van der Waals surface area contributed by atoms with E-state index in [1.807, 2.05) is 42.5 Å². The van der Waals surface area contributed by atoms with Gasteiger partial charge in [0.1, 0.15) is 0 Å². The molecule has 0 aromatic heterocycles. The van der Waals surface area contributed by atoms with E-state index in [0.717, 1.165) is 5.57 Å². The van der Waals surface area contributed by atoms with Gasteiger partial charge in [0.15, 0.2) is 0 Å². The molecule has 0 radical (unpaired) electrons. The van der Waals surface area contributed by atoms with Crippen molar-refractivity contribution < 1.29 is 0 Å². The van der Waals surface area contributed by atoms with Crippen molar-refractivity contribution in [1.82, 2.24) is 0 Å². The van der Waals surface area contributed by atoms with Gasteiger partial charge in [0, 0.05) is 0 Å². The van der Waals surface area contributed by atoms with Crippen LogP contribution in [0.2, 0.25) is 0 Å². The fraction of sp³-hybridized carbons (Fsp3) is 0. The zero-order valence-corrected chi connectivity index (χ0v) is 14.0. The molecular weight excluding hydrogens is 288 g/mol. The summed E-state index contributed by atoms with van der Waals surface area (Å²) in [6.07, 6.45) is 15.4. The Morgan fingerprint density at radius 3 is 1.67 bits per heavy atom. The number of rotatable bonds is 6. The van der Waals surface area contributed by atoms with E-state index in [4.69, 9.17) is 0 Å². The van der Waals surface area contributed by atoms with Crippen LogP contribution in [-0.2, 0) is 0 Å². The van der Waals surface area contributed by atoms with Crippen molar-refractivity contribution in [2.24, 2.45) is 0 Å². The molecule has 2 aromatic rings. The van der Waals surface area contributed by atoms with E-state index in [2.05, 4.69) is 68.3 Å². The summed E-state index contributed by atoms with van der Waals surface area (Å²) < 4.78 is 0. The van der Waals surface area contributed by atoms with Gasteiger partial charge in [0.05, 0.1) is 0 Å². The van der Waals surface area contributed by atoms with Crippen LogP contribution in [0.5, 0.6) is 0 Å². The zero-order valence-electron chi connectivity index (χ0n) is 14.0. The summed E-state index contributed by atoms with van der Waals surface area (Å²) in [6, 6.07) is 20.6. The van der Waals surface area contributed by atoms with Crippen LogP contribution in [0.1, 0.15) is 11.1 Å². The molecule has 0 N–H and O–H groups in total. The molecule has 0 aliphatic heterocycles. The molecular formula is C24H24. The van der Waals surface area contributed by atoms with Crippen LogP contribution in [0.15, 0.2) is 122 Å². The van der Waals surface area contributed by atoms with Crippen LogP contribution in [0.3, 0.4) is 0 Å². The summed E-state index contributed by atoms with van der Waals surface area (Å²) >= 11 is 0. The largest absolute Gasteiger partial charge is 0.0991 e. The maximum Gasteiger partial charge on any atom is -0.0251 e. The Bertz CT molecular complexity index is 692. The zero-order chi connectivity index (χ0) is 17.5. The van der Waals surface area contributed by atoms with Crippen molar-refractivity contribution in [1.29, 1.82) is 0 Å². The molecule has 2 rings (SSSR count). The number of hydrogen-bond donors (Lipinski definition) is 0. The third-order valence-corrected chi connectivity index (χ3v) is 2.99. The minimum Gasteiger partial charge on any atom is -0.0991 e. The second kappa shape index (κ2) is 12.4. The van der Waals surface area contributed by atoms with Crippen molar-refractivity contribution in [2.75, 3.05) is 0 Å². The summed E-state index contributed by atoms with van der Waals surface area (Å²) in [5.41, 5.74) is 3.52. The average Bonchev–Trinajstić information content (AvgIpc) is 2.66. The van der Waals surface area contributed by atoms with E-state index < -0.39 is 0 Å². The fourth-order valence-corrected chi connectivity index (χ4v) is 1.83. The van der Waals surface area contributed by atoms with Crippen LogP contribution in [0.25, 0.3) is 12.2 Å². The summed E-state index contributed by atoms with van der Waals surface area (Å²) in [5.74, 6) is 0. The normalized spacial score (nSPS) is 10.9. The van der Waals surface area contributed by atoms with Crippen LogP contribution in [0.4, 0.5) is 0 Å². The molecule has 0 saturated heterocycles. The molecule has 120 valence electrons. The molecule has 0 fully saturated rings. The van der Waals surface area contributed by atoms with E-state index in [9.17, 15) is 0 Å². The van der Waals surface area contributed by atoms with Gasteiger partial charge < -0.3 is 0 Å². The molecule has 0 aliphatic rings. The van der Waals surface area contributed by atoms with Crippen molar-refractivity contribution in [3.05, 3.63) is 134 Å². The average molecular weight is 312 g/mol. The third-order valence-electron chi connectivity index (χ3n) is 2.99. The first-order valence-electron chi connectivity index (χ1n) is 7.82. The summed E-state index contributed by atoms with van der Waals surface area (Å²) in [5, 5.41) is 0. The smallest absolute Gasteiger partial charge is 0.0251 e. The first-order valence-corrected chi connectivity index (χ1v) is 7.82. The van der Waals surface area contributed by atoms with Crippen LogP contribution >= 0.6 is 0 Å². The minimum absolute atomic E-state index is 1.14. The van der Waals surface area contributed by atoms with Gasteiger partial charge in [-0.05, 0) is 22.8 Å². The summed E-state index contributed by atoms with van der Waals surface area (Å²) in [4.78, 5) is 0. The van der Waals surface area contributed by atoms with Gasteiger partial charge >= 0.3 is 0 Å². The first kappa shape index (κ1) is 18.9. The first-order chi connectivity index (χ1) is 11.8. The maximum absolute atomic E-state index is 3.72. The van der Waals surface area contributed by atoms with Gasteiger partial charge in [-0.1, -0.05) is 123 Å². The van der Waals surface area contributed by atoms with E-state index in [1.165, 1.54) is 11.1 Å². The Labute approximate surface area is 146 Å². The van der Waals surface area contributed by atoms with Crippen LogP contribution in [-0.4, -0.2) is 0 Å². The quantitative estimate of drug-likeness (QED) is 0.510. The number of hydrogen-bond acceptors (Lipinski definition) is 0. The third kappa shape index (κ3) is 8.35. The van der Waals surface area contributed by atoms with Crippen LogP contribution < -0.4 is 0 Å². The van der Waals surface area contributed by atoms with E-state index >= 15 is 0 Å². The van der Waals surface area contributed by atoms with E-state index in [-0.39, 0.29) is 0 Å². The number of allylic oxidation sites excluding steroid dienone is 7. The lowest BCUT2D eigenvalue weighted by Crippen LogP contribution is -1.76. The van der Waals surface area contributed by atoms with Gasteiger partial charge in [-0.3, -0.25) is 0 Å². The molecule has 0 spiro atoms. The van der Waals surface area contributed by atoms with Gasteiger partial charge in [0.2, 0.25) is 0 Å². The fourth-order valence-electron chi connectivity index (χ4n) is 1.83. The molecule has 0 heterocycles. The van der Waals surface area contributed by atoms with Crippen molar-refractivity contribution in [3.8, 4) is 0 Å². The highest BCUT2D eigenvalue weighted by molar-refractivity contribution is 5.64. The molecule has 0 amide bonds. The Morgan fingerprint density at radius 1 is 0.625 bits per heavy atom. The Morgan fingerprint density at radius 2 is 1.17 bits per heavy atom. The predicted molar refractivity (Wildman–Crippen MR) is 110 cm³/mol. The lowest BCUT2D eigenvalue weighted by molar-refractivity contribution is 1.62. The van der Waals surface area contributed by atoms with Crippen molar-refractivity contribution in [3.63, 3.8) is 0 Å². The van der Waals surface area contributed by atoms with Gasteiger partial charge in [-0.15, -0.1) is 0 Å². The van der Waals surface area contributed by atoms with Crippen molar-refractivity contribution >= 4 is 12.2 Å². The monoisotopic (exact) mass is 312 g/mol. The maximum atomic E-state index is 3.72. The highest BCUT2D eigenvalue weighted by Gasteiger charge is 1.90. The van der Waals surface area contributed by atoms with Gasteiger partial charge in [-0.25, -0.2) is 0 Å². The standard InChI is InChI=1S/C20H18.C4H6/c1-2-3-10-20(17-19-13-8-5-9-14-19)16-15-18-11-6-4-7-12-18;1-3-4-2/h2-17H,1H2;3-4H,1-2H2. The molecule has 0 bridgehead atoms. The van der Waals surface area contributed by atoms with Gasteiger partial charge in [-0.2, -0.15) is 0 Å². The SMILES string of the molecule is C=CC=C.C=CC=CC(C=Cc1ccccc1)=Cc1ccccc1. The van der Waals surface area contributed by atoms with Gasteiger partial charge in [0.25, 0.3) is 0 Å². The molecule has 2 aromatic carbocycles. The van der Waals surface area contributed by atoms with Crippen LogP contribution in [0, 0.1) is 0 Å². The Kier molecular flexibility index (Phi) is 9.80. The number of benzene rings is 2. The topological polar surface area (TPSA) is 0 Å². The molecule has 24 heavy (non-hydrogen) atoms. The predicted octanol–water partition coefficient (Wildman–Crippen LogP) is 6.88. The molecule has 0 unspecified atom stereocenters. The molecule has 0 aliphatic carbocycles. The lowest BCUT2D eigenvalue weighted by Gasteiger charge is -1.97. The molecule has 0 nitrogen and oxygen atoms in total. The highest BCUT2D eigenvalue weighted by Crippen LogP contribution is 2.11. The summed E-state index contributed by atoms with van der Waals surface area (Å²) in [7, 11) is 0. The Hall–Kier alpha value is -3.12. The van der Waals surface area contributed by atoms with E-state index in [1.54, 1.807) is 18.2 Å². The van der Waals surface area contributed by atoms with E-state index in [0.29, 0.717) is 0 Å². The van der Waals surface area contributed by atoms with Crippen molar-refractivity contribution in [2.45, 2.75) is 0 Å². The summed E-state index contributed by atoms with van der Waals surface area (Å²) in [6.45, 7) is 10.4. The second-order valence-corrected chi connectivity index (χ2v) is 4.87. The molecule has 0 heteroatoms. The Balaban J connectivity index is 0.000000648. The highest BCUT2D eigenvalue weighted by atomic mass is 14.0. The molecule has 0 saturated carbocycles. The minimum atomic E-state index is 1.14. The second-order valence-electron chi connectivity index (χ2n) is 4.87. The lowest BCUT2D eigenvalue weighted by atomic mass is 10.1. The molecule has 0 atom stereocenters.